The van der Waals surface area contributed by atoms with Crippen LogP contribution in [0.25, 0.3) is 11.3 Å². The topological polar surface area (TPSA) is 37.8 Å². The summed E-state index contributed by atoms with van der Waals surface area (Å²) in [4.78, 5) is 7.33. The van der Waals surface area contributed by atoms with Crippen molar-refractivity contribution < 1.29 is 17.6 Å². The van der Waals surface area contributed by atoms with Crippen molar-refractivity contribution in [1.29, 1.82) is 0 Å². The minimum atomic E-state index is -4.58. The first kappa shape index (κ1) is 13.3. The number of anilines is 1. The van der Waals surface area contributed by atoms with Crippen LogP contribution in [0.3, 0.4) is 0 Å². The van der Waals surface area contributed by atoms with Crippen molar-refractivity contribution in [1.82, 2.24) is 9.97 Å². The zero-order valence-corrected chi connectivity index (χ0v) is 9.79. The minimum absolute atomic E-state index is 0.0494. The molecule has 19 heavy (non-hydrogen) atoms. The molecule has 0 radical (unpaired) electrons. The maximum atomic E-state index is 13.6. The van der Waals surface area contributed by atoms with Crippen molar-refractivity contribution in [2.45, 2.75) is 6.18 Å². The molecule has 7 heteroatoms. The lowest BCUT2D eigenvalue weighted by atomic mass is 10.0. The van der Waals surface area contributed by atoms with Crippen molar-refractivity contribution in [3.63, 3.8) is 0 Å². The molecule has 1 heterocycles. The van der Waals surface area contributed by atoms with E-state index in [4.69, 9.17) is 0 Å². The lowest BCUT2D eigenvalue weighted by molar-refractivity contribution is -0.137. The first-order valence-electron chi connectivity index (χ1n) is 5.30. The highest BCUT2D eigenvalue weighted by atomic mass is 19.4. The summed E-state index contributed by atoms with van der Waals surface area (Å²) in [5.74, 6) is -0.857. The molecule has 1 aromatic heterocycles. The van der Waals surface area contributed by atoms with E-state index in [9.17, 15) is 17.6 Å². The van der Waals surface area contributed by atoms with Gasteiger partial charge in [-0.15, -0.1) is 0 Å². The summed E-state index contributed by atoms with van der Waals surface area (Å²) in [6, 6.07) is 4.69. The summed E-state index contributed by atoms with van der Waals surface area (Å²) >= 11 is 0. The normalized spacial score (nSPS) is 11.4. The minimum Gasteiger partial charge on any atom is -0.357 e. The highest BCUT2D eigenvalue weighted by Gasteiger charge is 2.34. The summed E-state index contributed by atoms with van der Waals surface area (Å²) in [5.41, 5.74) is -1.63. The fourth-order valence-corrected chi connectivity index (χ4v) is 1.61. The fraction of sp³-hybridized carbons (Fsp3) is 0.167. The second kappa shape index (κ2) is 4.83. The van der Waals surface area contributed by atoms with Gasteiger partial charge >= 0.3 is 6.18 Å². The average molecular weight is 271 g/mol. The summed E-state index contributed by atoms with van der Waals surface area (Å²) in [6.07, 6.45) is -3.74. The third-order valence-electron chi connectivity index (χ3n) is 2.46. The molecule has 0 saturated carbocycles. The van der Waals surface area contributed by atoms with Crippen LogP contribution in [0.4, 0.5) is 23.5 Å². The predicted molar refractivity (Wildman–Crippen MR) is 62.0 cm³/mol. The lowest BCUT2D eigenvalue weighted by Crippen LogP contribution is -2.09. The smallest absolute Gasteiger partial charge is 0.357 e. The van der Waals surface area contributed by atoms with Crippen LogP contribution in [0.2, 0.25) is 0 Å². The Morgan fingerprint density at radius 1 is 1.16 bits per heavy atom. The summed E-state index contributed by atoms with van der Waals surface area (Å²) in [7, 11) is 1.49. The number of halogens is 4. The number of nitrogens with zero attached hydrogens (tertiary/aromatic N) is 2. The van der Waals surface area contributed by atoms with Crippen molar-refractivity contribution in [2.24, 2.45) is 0 Å². The summed E-state index contributed by atoms with van der Waals surface area (Å²) in [5, 5.41) is 2.55. The average Bonchev–Trinajstić information content (AvgIpc) is 2.38. The Morgan fingerprint density at radius 3 is 2.47 bits per heavy atom. The van der Waals surface area contributed by atoms with E-state index in [2.05, 4.69) is 15.3 Å². The molecule has 1 N–H and O–H groups in total. The van der Waals surface area contributed by atoms with Crippen molar-refractivity contribution in [3.8, 4) is 11.3 Å². The Hall–Kier alpha value is -2.18. The van der Waals surface area contributed by atoms with E-state index in [1.165, 1.54) is 25.2 Å². The Labute approximate surface area is 106 Å². The van der Waals surface area contributed by atoms with Crippen molar-refractivity contribution in [3.05, 3.63) is 41.8 Å². The summed E-state index contributed by atoms with van der Waals surface area (Å²) in [6.45, 7) is 0. The van der Waals surface area contributed by atoms with Gasteiger partial charge in [-0.1, -0.05) is 18.2 Å². The van der Waals surface area contributed by atoms with Crippen LogP contribution in [-0.4, -0.2) is 17.0 Å². The number of rotatable bonds is 2. The van der Waals surface area contributed by atoms with E-state index in [1.807, 2.05) is 0 Å². The molecule has 0 aliphatic carbocycles. The van der Waals surface area contributed by atoms with Gasteiger partial charge in [0.15, 0.2) is 5.82 Å². The molecule has 3 nitrogen and oxygen atoms in total. The molecule has 0 saturated heterocycles. The molecule has 0 amide bonds. The van der Waals surface area contributed by atoms with E-state index in [1.54, 1.807) is 0 Å². The van der Waals surface area contributed by atoms with Gasteiger partial charge in [-0.2, -0.15) is 13.2 Å². The largest absolute Gasteiger partial charge is 0.417 e. The third kappa shape index (κ3) is 2.64. The SMILES string of the molecule is CNc1ncc(F)c(-c2ccccc2C(F)(F)F)n1. The Balaban J connectivity index is 2.65. The van der Waals surface area contributed by atoms with Crippen LogP contribution in [0.5, 0.6) is 0 Å². The van der Waals surface area contributed by atoms with Gasteiger partial charge in [0.05, 0.1) is 11.8 Å². The number of alkyl halides is 3. The molecule has 2 aromatic rings. The second-order valence-electron chi connectivity index (χ2n) is 3.68. The van der Waals surface area contributed by atoms with Gasteiger partial charge in [0.2, 0.25) is 5.95 Å². The summed E-state index contributed by atoms with van der Waals surface area (Å²) < 4.78 is 52.2. The highest BCUT2D eigenvalue weighted by molar-refractivity contribution is 5.65. The Morgan fingerprint density at radius 2 is 1.84 bits per heavy atom. The van der Waals surface area contributed by atoms with Gasteiger partial charge in [0.25, 0.3) is 0 Å². The number of nitrogens with one attached hydrogen (secondary N) is 1. The van der Waals surface area contributed by atoms with Crippen molar-refractivity contribution in [2.75, 3.05) is 12.4 Å². The van der Waals surface area contributed by atoms with E-state index in [0.717, 1.165) is 12.3 Å². The maximum absolute atomic E-state index is 13.6. The van der Waals surface area contributed by atoms with Gasteiger partial charge in [0.1, 0.15) is 5.69 Å². The molecular weight excluding hydrogens is 262 g/mol. The molecule has 100 valence electrons. The zero-order valence-electron chi connectivity index (χ0n) is 9.79. The molecule has 0 spiro atoms. The molecule has 0 atom stereocenters. The van der Waals surface area contributed by atoms with Crippen LogP contribution in [0.1, 0.15) is 5.56 Å². The predicted octanol–water partition coefficient (Wildman–Crippen LogP) is 3.34. The van der Waals surface area contributed by atoms with Gasteiger partial charge in [-0.25, -0.2) is 14.4 Å². The van der Waals surface area contributed by atoms with Crippen LogP contribution in [-0.2, 0) is 6.18 Å². The van der Waals surface area contributed by atoms with E-state index >= 15 is 0 Å². The molecule has 1 aromatic carbocycles. The monoisotopic (exact) mass is 271 g/mol. The third-order valence-corrected chi connectivity index (χ3v) is 2.46. The zero-order chi connectivity index (χ0) is 14.0. The molecule has 0 aliphatic heterocycles. The Bertz CT molecular complexity index is 596. The maximum Gasteiger partial charge on any atom is 0.417 e. The first-order chi connectivity index (χ1) is 8.93. The number of benzene rings is 1. The lowest BCUT2D eigenvalue weighted by Gasteiger charge is -2.13. The van der Waals surface area contributed by atoms with Gasteiger partial charge in [-0.05, 0) is 6.07 Å². The van der Waals surface area contributed by atoms with E-state index in [0.29, 0.717) is 0 Å². The van der Waals surface area contributed by atoms with Gasteiger partial charge < -0.3 is 5.32 Å². The number of hydrogen-bond acceptors (Lipinski definition) is 3. The number of aromatic nitrogens is 2. The molecule has 0 unspecified atom stereocenters. The van der Waals surface area contributed by atoms with E-state index in [-0.39, 0.29) is 17.2 Å². The van der Waals surface area contributed by atoms with Crippen LogP contribution >= 0.6 is 0 Å². The first-order valence-corrected chi connectivity index (χ1v) is 5.30. The Kier molecular flexibility index (Phi) is 3.37. The molecule has 2 rings (SSSR count). The second-order valence-corrected chi connectivity index (χ2v) is 3.68. The van der Waals surface area contributed by atoms with Gasteiger partial charge in [-0.3, -0.25) is 0 Å². The van der Waals surface area contributed by atoms with Crippen LogP contribution in [0.15, 0.2) is 30.5 Å². The quantitative estimate of drug-likeness (QED) is 0.851. The molecule has 0 bridgehead atoms. The van der Waals surface area contributed by atoms with Gasteiger partial charge in [0, 0.05) is 12.6 Å². The van der Waals surface area contributed by atoms with Crippen molar-refractivity contribution >= 4 is 5.95 Å². The van der Waals surface area contributed by atoms with Crippen LogP contribution < -0.4 is 5.32 Å². The molecule has 0 aliphatic rings. The standard InChI is InChI=1S/C12H9F4N3/c1-17-11-18-6-9(13)10(19-11)7-4-2-3-5-8(7)12(14,15)16/h2-6H,1H3,(H,17,18,19). The molecular formula is C12H9F4N3. The number of hydrogen-bond donors (Lipinski definition) is 1. The van der Waals surface area contributed by atoms with E-state index < -0.39 is 17.6 Å². The van der Waals surface area contributed by atoms with Crippen LogP contribution in [0, 0.1) is 5.82 Å². The fourth-order valence-electron chi connectivity index (χ4n) is 1.61. The highest BCUT2D eigenvalue weighted by Crippen LogP contribution is 2.37. The molecule has 0 fully saturated rings.